The number of benzene rings is 1. The van der Waals surface area contributed by atoms with Crippen molar-refractivity contribution in [3.63, 3.8) is 0 Å². The lowest BCUT2D eigenvalue weighted by Gasteiger charge is -2.10. The maximum atomic E-state index is 12.1. The van der Waals surface area contributed by atoms with E-state index < -0.39 is 4.92 Å². The lowest BCUT2D eigenvalue weighted by molar-refractivity contribution is -0.385. The van der Waals surface area contributed by atoms with Gasteiger partial charge in [-0.3, -0.25) is 14.9 Å². The smallest absolute Gasteiger partial charge is 0.282 e. The molecule has 1 unspecified atom stereocenters. The van der Waals surface area contributed by atoms with E-state index >= 15 is 0 Å². The van der Waals surface area contributed by atoms with E-state index in [1.807, 2.05) is 6.92 Å². The average Bonchev–Trinajstić information content (AvgIpc) is 2.91. The molecule has 1 aliphatic heterocycles. The van der Waals surface area contributed by atoms with Crippen LogP contribution in [0.2, 0.25) is 0 Å². The molecular formula is C14H19N3O3. The second-order valence-electron chi connectivity index (χ2n) is 5.18. The first kappa shape index (κ1) is 14.5. The van der Waals surface area contributed by atoms with Gasteiger partial charge in [0.1, 0.15) is 5.56 Å². The Morgan fingerprint density at radius 1 is 1.55 bits per heavy atom. The van der Waals surface area contributed by atoms with Gasteiger partial charge in [-0.1, -0.05) is 6.07 Å². The molecular weight excluding hydrogens is 258 g/mol. The summed E-state index contributed by atoms with van der Waals surface area (Å²) in [7, 11) is 0. The van der Waals surface area contributed by atoms with Gasteiger partial charge < -0.3 is 10.6 Å². The third kappa shape index (κ3) is 3.54. The zero-order valence-corrected chi connectivity index (χ0v) is 11.5. The minimum absolute atomic E-state index is 0.138. The fourth-order valence-corrected chi connectivity index (χ4v) is 2.44. The lowest BCUT2D eigenvalue weighted by Crippen LogP contribution is -2.27. The van der Waals surface area contributed by atoms with Crippen LogP contribution in [0.5, 0.6) is 0 Å². The number of carbonyl (C=O) groups excluding carboxylic acids is 1. The summed E-state index contributed by atoms with van der Waals surface area (Å²) in [5.41, 5.74) is 0.830. The number of carbonyl (C=O) groups is 1. The van der Waals surface area contributed by atoms with Crippen molar-refractivity contribution < 1.29 is 9.72 Å². The van der Waals surface area contributed by atoms with E-state index in [1.54, 1.807) is 12.1 Å². The molecule has 1 saturated heterocycles. The van der Waals surface area contributed by atoms with E-state index in [4.69, 9.17) is 0 Å². The van der Waals surface area contributed by atoms with Crippen LogP contribution in [-0.2, 0) is 0 Å². The van der Waals surface area contributed by atoms with Gasteiger partial charge in [-0.25, -0.2) is 0 Å². The van der Waals surface area contributed by atoms with Gasteiger partial charge in [-0.05, 0) is 50.4 Å². The van der Waals surface area contributed by atoms with Crippen molar-refractivity contribution in [2.75, 3.05) is 19.6 Å². The van der Waals surface area contributed by atoms with Crippen molar-refractivity contribution >= 4 is 11.6 Å². The molecule has 1 aromatic carbocycles. The molecule has 20 heavy (non-hydrogen) atoms. The molecule has 1 amide bonds. The Labute approximate surface area is 117 Å². The zero-order valence-electron chi connectivity index (χ0n) is 11.5. The van der Waals surface area contributed by atoms with E-state index in [-0.39, 0.29) is 17.2 Å². The third-order valence-corrected chi connectivity index (χ3v) is 3.59. The highest BCUT2D eigenvalue weighted by Gasteiger charge is 2.20. The number of hydrogen-bond acceptors (Lipinski definition) is 4. The Hall–Kier alpha value is -1.95. The first-order valence-corrected chi connectivity index (χ1v) is 6.82. The van der Waals surface area contributed by atoms with Crippen LogP contribution in [-0.4, -0.2) is 30.5 Å². The summed E-state index contributed by atoms with van der Waals surface area (Å²) >= 11 is 0. The summed E-state index contributed by atoms with van der Waals surface area (Å²) in [6, 6.07) is 4.58. The largest absolute Gasteiger partial charge is 0.352 e. The van der Waals surface area contributed by atoms with E-state index in [2.05, 4.69) is 10.6 Å². The molecule has 6 nitrogen and oxygen atoms in total. The molecule has 2 N–H and O–H groups in total. The van der Waals surface area contributed by atoms with Crippen LogP contribution in [0, 0.1) is 23.0 Å². The van der Waals surface area contributed by atoms with Crippen LogP contribution < -0.4 is 10.6 Å². The van der Waals surface area contributed by atoms with Gasteiger partial charge in [0.15, 0.2) is 0 Å². The predicted octanol–water partition coefficient (Wildman–Crippen LogP) is 1.63. The van der Waals surface area contributed by atoms with Crippen LogP contribution in [0.4, 0.5) is 5.69 Å². The summed E-state index contributed by atoms with van der Waals surface area (Å²) in [5.74, 6) is 0.217. The van der Waals surface area contributed by atoms with E-state index in [1.165, 1.54) is 6.07 Å². The van der Waals surface area contributed by atoms with Crippen molar-refractivity contribution in [1.29, 1.82) is 0 Å². The minimum atomic E-state index is -0.519. The number of amides is 1. The lowest BCUT2D eigenvalue weighted by atomic mass is 10.0. The van der Waals surface area contributed by atoms with Crippen molar-refractivity contribution in [3.05, 3.63) is 39.4 Å². The first-order chi connectivity index (χ1) is 9.58. The molecule has 1 aliphatic rings. The van der Waals surface area contributed by atoms with Crippen LogP contribution in [0.15, 0.2) is 18.2 Å². The molecule has 2 rings (SSSR count). The summed E-state index contributed by atoms with van der Waals surface area (Å²) < 4.78 is 0. The Bertz CT molecular complexity index is 510. The van der Waals surface area contributed by atoms with Gasteiger partial charge in [0.05, 0.1) is 4.92 Å². The second-order valence-corrected chi connectivity index (χ2v) is 5.18. The summed E-state index contributed by atoms with van der Waals surface area (Å²) in [6.45, 7) is 4.38. The van der Waals surface area contributed by atoms with Crippen LogP contribution in [0.3, 0.4) is 0 Å². The molecule has 0 radical (unpaired) electrons. The predicted molar refractivity (Wildman–Crippen MR) is 75.8 cm³/mol. The van der Waals surface area contributed by atoms with E-state index in [0.717, 1.165) is 31.5 Å². The highest BCUT2D eigenvalue weighted by Crippen LogP contribution is 2.19. The third-order valence-electron chi connectivity index (χ3n) is 3.59. The molecule has 0 bridgehead atoms. The SMILES string of the molecule is Cc1ccc([N+](=O)[O-])c(C(=O)NCCC2CCNC2)c1. The van der Waals surface area contributed by atoms with Gasteiger partial charge in [0, 0.05) is 12.6 Å². The number of nitrogens with one attached hydrogen (secondary N) is 2. The van der Waals surface area contributed by atoms with Crippen molar-refractivity contribution in [2.24, 2.45) is 5.92 Å². The number of nitrogens with zero attached hydrogens (tertiary/aromatic N) is 1. The Morgan fingerprint density at radius 3 is 3.00 bits per heavy atom. The summed E-state index contributed by atoms with van der Waals surface area (Å²) in [6.07, 6.45) is 2.03. The molecule has 0 aliphatic carbocycles. The monoisotopic (exact) mass is 277 g/mol. The maximum absolute atomic E-state index is 12.1. The molecule has 108 valence electrons. The molecule has 6 heteroatoms. The number of aryl methyl sites for hydroxylation is 1. The van der Waals surface area contributed by atoms with Gasteiger partial charge in [-0.2, -0.15) is 0 Å². The molecule has 0 saturated carbocycles. The topological polar surface area (TPSA) is 84.3 Å². The highest BCUT2D eigenvalue weighted by molar-refractivity contribution is 5.98. The second kappa shape index (κ2) is 6.47. The first-order valence-electron chi connectivity index (χ1n) is 6.82. The van der Waals surface area contributed by atoms with Crippen LogP contribution >= 0.6 is 0 Å². The van der Waals surface area contributed by atoms with Gasteiger partial charge >= 0.3 is 0 Å². The van der Waals surface area contributed by atoms with E-state index in [0.29, 0.717) is 12.5 Å². The fraction of sp³-hybridized carbons (Fsp3) is 0.500. The minimum Gasteiger partial charge on any atom is -0.352 e. The standard InChI is InChI=1S/C14H19N3O3/c1-10-2-3-13(17(19)20)12(8-10)14(18)16-7-5-11-4-6-15-9-11/h2-3,8,11,15H,4-7,9H2,1H3,(H,16,18). The normalized spacial score (nSPS) is 17.9. The Morgan fingerprint density at radius 2 is 2.35 bits per heavy atom. The van der Waals surface area contributed by atoms with Crippen molar-refractivity contribution in [2.45, 2.75) is 19.8 Å². The number of nitro groups is 1. The average molecular weight is 277 g/mol. The molecule has 0 spiro atoms. The summed E-state index contributed by atoms with van der Waals surface area (Å²) in [5, 5.41) is 17.0. The quantitative estimate of drug-likeness (QED) is 0.633. The molecule has 0 aromatic heterocycles. The molecule has 1 aromatic rings. The number of rotatable bonds is 5. The molecule has 1 heterocycles. The van der Waals surface area contributed by atoms with Crippen LogP contribution in [0.1, 0.15) is 28.8 Å². The molecule has 1 atom stereocenters. The van der Waals surface area contributed by atoms with E-state index in [9.17, 15) is 14.9 Å². The number of nitro benzene ring substituents is 1. The summed E-state index contributed by atoms with van der Waals surface area (Å²) in [4.78, 5) is 22.5. The number of hydrogen-bond donors (Lipinski definition) is 2. The zero-order chi connectivity index (χ0) is 14.5. The maximum Gasteiger partial charge on any atom is 0.282 e. The van der Waals surface area contributed by atoms with Crippen LogP contribution in [0.25, 0.3) is 0 Å². The van der Waals surface area contributed by atoms with Crippen molar-refractivity contribution in [3.8, 4) is 0 Å². The molecule has 1 fully saturated rings. The van der Waals surface area contributed by atoms with Gasteiger partial charge in [-0.15, -0.1) is 0 Å². The Kier molecular flexibility index (Phi) is 4.68. The fourth-order valence-electron chi connectivity index (χ4n) is 2.44. The van der Waals surface area contributed by atoms with Gasteiger partial charge in [0.25, 0.3) is 11.6 Å². The van der Waals surface area contributed by atoms with Crippen molar-refractivity contribution in [1.82, 2.24) is 10.6 Å². The Balaban J connectivity index is 1.97. The highest BCUT2D eigenvalue weighted by atomic mass is 16.6. The van der Waals surface area contributed by atoms with Gasteiger partial charge in [0.2, 0.25) is 0 Å².